The molecule has 0 spiro atoms. The predicted molar refractivity (Wildman–Crippen MR) is 103 cm³/mol. The molecule has 0 fully saturated rings. The number of anilines is 1. The van der Waals surface area contributed by atoms with E-state index in [-0.39, 0.29) is 11.4 Å². The highest BCUT2D eigenvalue weighted by Gasteiger charge is 2.14. The van der Waals surface area contributed by atoms with Gasteiger partial charge in [-0.3, -0.25) is 4.79 Å². The minimum atomic E-state index is -1.09. The van der Waals surface area contributed by atoms with Crippen LogP contribution in [0.5, 0.6) is 0 Å². The molecule has 1 amide bonds. The molecule has 0 unspecified atom stereocenters. The molecule has 0 aliphatic carbocycles. The summed E-state index contributed by atoms with van der Waals surface area (Å²) < 4.78 is 27.3. The average molecular weight is 379 g/mol. The van der Waals surface area contributed by atoms with Crippen LogP contribution in [0.25, 0.3) is 17.2 Å². The van der Waals surface area contributed by atoms with Crippen molar-refractivity contribution in [2.75, 3.05) is 5.32 Å². The molecule has 140 valence electrons. The van der Waals surface area contributed by atoms with E-state index in [9.17, 15) is 18.4 Å². The molecule has 0 aliphatic heterocycles. The van der Waals surface area contributed by atoms with Crippen molar-refractivity contribution in [3.63, 3.8) is 0 Å². The van der Waals surface area contributed by atoms with Gasteiger partial charge in [0.2, 0.25) is 0 Å². The van der Waals surface area contributed by atoms with Crippen LogP contribution < -0.4 is 5.32 Å². The molecule has 0 aliphatic rings. The molecule has 3 aromatic carbocycles. The van der Waals surface area contributed by atoms with Crippen LogP contribution >= 0.6 is 0 Å². The number of aliphatic carboxylic acids is 1. The van der Waals surface area contributed by atoms with Crippen molar-refractivity contribution >= 4 is 23.6 Å². The summed E-state index contributed by atoms with van der Waals surface area (Å²) in [4.78, 5) is 23.1. The summed E-state index contributed by atoms with van der Waals surface area (Å²) >= 11 is 0. The number of carbonyl (C=O) groups is 2. The smallest absolute Gasteiger partial charge is 0.328 e. The largest absolute Gasteiger partial charge is 0.478 e. The lowest BCUT2D eigenvalue weighted by atomic mass is 10.0. The Kier molecular flexibility index (Phi) is 5.60. The first-order valence-corrected chi connectivity index (χ1v) is 8.30. The maximum absolute atomic E-state index is 14.2. The third kappa shape index (κ3) is 4.67. The van der Waals surface area contributed by atoms with E-state index in [1.807, 2.05) is 0 Å². The molecule has 3 rings (SSSR count). The molecule has 4 nitrogen and oxygen atoms in total. The van der Waals surface area contributed by atoms with Crippen molar-refractivity contribution in [2.45, 2.75) is 0 Å². The highest BCUT2D eigenvalue weighted by Crippen LogP contribution is 2.23. The standard InChI is InChI=1S/C22H15F2NO3/c23-17-8-5-15(6-9-17)16-7-10-20(24)19(13-16)22(28)25-18-3-1-2-14(12-18)4-11-21(26)27/h1-13H,(H,25,28)(H,26,27)/b11-4+. The maximum atomic E-state index is 14.2. The molecular weight excluding hydrogens is 364 g/mol. The zero-order valence-electron chi connectivity index (χ0n) is 14.5. The van der Waals surface area contributed by atoms with Gasteiger partial charge in [-0.05, 0) is 59.2 Å². The number of rotatable bonds is 5. The fourth-order valence-electron chi connectivity index (χ4n) is 2.61. The Morgan fingerprint density at radius 3 is 2.32 bits per heavy atom. The van der Waals surface area contributed by atoms with Gasteiger partial charge in [0.25, 0.3) is 5.91 Å². The zero-order valence-corrected chi connectivity index (χ0v) is 14.5. The summed E-state index contributed by atoms with van der Waals surface area (Å²) in [6.07, 6.45) is 2.36. The molecule has 3 aromatic rings. The Bertz CT molecular complexity index is 1060. The number of benzene rings is 3. The summed E-state index contributed by atoms with van der Waals surface area (Å²) in [6, 6.07) is 16.2. The minimum Gasteiger partial charge on any atom is -0.478 e. The second-order valence-electron chi connectivity index (χ2n) is 5.95. The van der Waals surface area contributed by atoms with Gasteiger partial charge in [0.05, 0.1) is 5.56 Å². The number of carboxylic acids is 1. The monoisotopic (exact) mass is 379 g/mol. The van der Waals surface area contributed by atoms with Crippen LogP contribution in [0.2, 0.25) is 0 Å². The van der Waals surface area contributed by atoms with Gasteiger partial charge in [-0.25, -0.2) is 13.6 Å². The Morgan fingerprint density at radius 1 is 0.893 bits per heavy atom. The molecule has 0 aromatic heterocycles. The first-order valence-electron chi connectivity index (χ1n) is 8.30. The van der Waals surface area contributed by atoms with Crippen molar-refractivity contribution < 1.29 is 23.5 Å². The lowest BCUT2D eigenvalue weighted by molar-refractivity contribution is -0.131. The molecule has 2 N–H and O–H groups in total. The van der Waals surface area contributed by atoms with E-state index in [0.717, 1.165) is 6.08 Å². The number of hydrogen-bond acceptors (Lipinski definition) is 2. The lowest BCUT2D eigenvalue weighted by Crippen LogP contribution is -2.14. The second-order valence-corrected chi connectivity index (χ2v) is 5.95. The average Bonchev–Trinajstić information content (AvgIpc) is 2.68. The van der Waals surface area contributed by atoms with Crippen molar-refractivity contribution in [1.82, 2.24) is 0 Å². The molecular formula is C22H15F2NO3. The van der Waals surface area contributed by atoms with E-state index in [1.54, 1.807) is 36.4 Å². The third-order valence-electron chi connectivity index (χ3n) is 3.95. The Hall–Kier alpha value is -3.80. The SMILES string of the molecule is O=C(O)/C=C/c1cccc(NC(=O)c2cc(-c3ccc(F)cc3)ccc2F)c1. The van der Waals surface area contributed by atoms with Crippen LogP contribution in [0, 0.1) is 11.6 Å². The number of hydrogen-bond donors (Lipinski definition) is 2. The van der Waals surface area contributed by atoms with E-state index < -0.39 is 17.7 Å². The van der Waals surface area contributed by atoms with Gasteiger partial charge in [-0.1, -0.05) is 30.3 Å². The Balaban J connectivity index is 1.84. The first kappa shape index (κ1) is 19.0. The van der Waals surface area contributed by atoms with Crippen molar-refractivity contribution in [1.29, 1.82) is 0 Å². The van der Waals surface area contributed by atoms with Crippen molar-refractivity contribution in [3.8, 4) is 11.1 Å². The van der Waals surface area contributed by atoms with E-state index in [0.29, 0.717) is 22.4 Å². The van der Waals surface area contributed by atoms with E-state index >= 15 is 0 Å². The van der Waals surface area contributed by atoms with Crippen LogP contribution in [0.15, 0.2) is 72.8 Å². The second kappa shape index (κ2) is 8.26. The minimum absolute atomic E-state index is 0.159. The topological polar surface area (TPSA) is 66.4 Å². The summed E-state index contributed by atoms with van der Waals surface area (Å²) in [5.74, 6) is -2.82. The summed E-state index contributed by atoms with van der Waals surface area (Å²) in [5.41, 5.74) is 2.03. The Morgan fingerprint density at radius 2 is 1.61 bits per heavy atom. The van der Waals surface area contributed by atoms with Gasteiger partial charge >= 0.3 is 5.97 Å². The fraction of sp³-hybridized carbons (Fsp3) is 0. The number of carbonyl (C=O) groups excluding carboxylic acids is 1. The van der Waals surface area contributed by atoms with Crippen LogP contribution in [0.4, 0.5) is 14.5 Å². The molecule has 0 bridgehead atoms. The number of nitrogens with one attached hydrogen (secondary N) is 1. The summed E-state index contributed by atoms with van der Waals surface area (Å²) in [5, 5.41) is 11.3. The summed E-state index contributed by atoms with van der Waals surface area (Å²) in [6.45, 7) is 0. The van der Waals surface area contributed by atoms with Gasteiger partial charge in [0, 0.05) is 11.8 Å². The maximum Gasteiger partial charge on any atom is 0.328 e. The Labute approximate surface area is 159 Å². The van der Waals surface area contributed by atoms with Crippen molar-refractivity contribution in [3.05, 3.63) is 95.6 Å². The predicted octanol–water partition coefficient (Wildman–Crippen LogP) is 4.98. The number of carboxylic acid groups (broad SMARTS) is 1. The molecule has 0 saturated carbocycles. The number of halogens is 2. The zero-order chi connectivity index (χ0) is 20.1. The molecule has 28 heavy (non-hydrogen) atoms. The summed E-state index contributed by atoms with van der Waals surface area (Å²) in [7, 11) is 0. The lowest BCUT2D eigenvalue weighted by Gasteiger charge is -2.09. The third-order valence-corrected chi connectivity index (χ3v) is 3.95. The van der Waals surface area contributed by atoms with Crippen LogP contribution in [-0.4, -0.2) is 17.0 Å². The van der Waals surface area contributed by atoms with Gasteiger partial charge in [-0.15, -0.1) is 0 Å². The molecule has 0 saturated heterocycles. The van der Waals surface area contributed by atoms with Crippen LogP contribution in [0.1, 0.15) is 15.9 Å². The van der Waals surface area contributed by atoms with Crippen LogP contribution in [-0.2, 0) is 4.79 Å². The van der Waals surface area contributed by atoms with Crippen molar-refractivity contribution in [2.24, 2.45) is 0 Å². The molecule has 0 heterocycles. The molecule has 0 atom stereocenters. The number of amides is 1. The highest BCUT2D eigenvalue weighted by molar-refractivity contribution is 6.05. The van der Waals surface area contributed by atoms with E-state index in [2.05, 4.69) is 5.32 Å². The quantitative estimate of drug-likeness (QED) is 0.615. The first-order chi connectivity index (χ1) is 13.4. The normalized spacial score (nSPS) is 10.8. The van der Waals surface area contributed by atoms with Gasteiger partial charge < -0.3 is 10.4 Å². The van der Waals surface area contributed by atoms with Gasteiger partial charge in [0.1, 0.15) is 11.6 Å². The van der Waals surface area contributed by atoms with Crippen LogP contribution in [0.3, 0.4) is 0 Å². The fourth-order valence-corrected chi connectivity index (χ4v) is 2.61. The van der Waals surface area contributed by atoms with Gasteiger partial charge in [0.15, 0.2) is 0 Å². The van der Waals surface area contributed by atoms with E-state index in [4.69, 9.17) is 5.11 Å². The highest BCUT2D eigenvalue weighted by atomic mass is 19.1. The molecule has 6 heteroatoms. The van der Waals surface area contributed by atoms with E-state index in [1.165, 1.54) is 36.4 Å². The molecule has 0 radical (unpaired) electrons. The van der Waals surface area contributed by atoms with Gasteiger partial charge in [-0.2, -0.15) is 0 Å².